The SMILES string of the molecule is Cc1cccc(CN2C(N3CCN(Cc4cc(C)ccc4C)CC3)=NC3C2C(=O)NC(=O)N3C)c1. The maximum atomic E-state index is 12.9. The minimum absolute atomic E-state index is 0.280. The molecule has 0 saturated carbocycles. The summed E-state index contributed by atoms with van der Waals surface area (Å²) >= 11 is 0. The highest BCUT2D eigenvalue weighted by molar-refractivity contribution is 6.03. The lowest BCUT2D eigenvalue weighted by atomic mass is 10.0. The molecular formula is C27H34N6O2. The predicted octanol–water partition coefficient (Wildman–Crippen LogP) is 2.48. The van der Waals surface area contributed by atoms with E-state index < -0.39 is 18.2 Å². The number of fused-ring (bicyclic) bond motifs is 1. The Kier molecular flexibility index (Phi) is 6.23. The Morgan fingerprint density at radius 2 is 1.69 bits per heavy atom. The predicted molar refractivity (Wildman–Crippen MR) is 136 cm³/mol. The molecule has 3 amide bonds. The lowest BCUT2D eigenvalue weighted by Gasteiger charge is -2.40. The summed E-state index contributed by atoms with van der Waals surface area (Å²) < 4.78 is 0. The summed E-state index contributed by atoms with van der Waals surface area (Å²) in [6, 6.07) is 14.0. The highest BCUT2D eigenvalue weighted by Crippen LogP contribution is 2.28. The minimum atomic E-state index is -0.527. The van der Waals surface area contributed by atoms with Gasteiger partial charge in [0.2, 0.25) is 0 Å². The molecule has 8 heteroatoms. The van der Waals surface area contributed by atoms with Crippen LogP contribution >= 0.6 is 0 Å². The molecule has 0 bridgehead atoms. The van der Waals surface area contributed by atoms with E-state index in [4.69, 9.17) is 4.99 Å². The number of carbonyl (C=O) groups excluding carboxylic acids is 2. The van der Waals surface area contributed by atoms with Crippen LogP contribution in [0.15, 0.2) is 47.5 Å². The fourth-order valence-corrected chi connectivity index (χ4v) is 5.27. The monoisotopic (exact) mass is 474 g/mol. The fraction of sp³-hybridized carbons (Fsp3) is 0.444. The molecule has 3 heterocycles. The van der Waals surface area contributed by atoms with Crippen molar-refractivity contribution in [2.75, 3.05) is 33.2 Å². The van der Waals surface area contributed by atoms with Gasteiger partial charge >= 0.3 is 6.03 Å². The first-order valence-electron chi connectivity index (χ1n) is 12.3. The quantitative estimate of drug-likeness (QED) is 0.737. The molecule has 1 N–H and O–H groups in total. The number of hydrogen-bond donors (Lipinski definition) is 1. The number of guanidine groups is 1. The van der Waals surface area contributed by atoms with Crippen molar-refractivity contribution in [3.8, 4) is 0 Å². The van der Waals surface area contributed by atoms with E-state index in [9.17, 15) is 9.59 Å². The number of likely N-dealkylation sites (N-methyl/N-ethyl adjacent to an activating group) is 1. The Hall–Kier alpha value is -3.39. The van der Waals surface area contributed by atoms with Crippen molar-refractivity contribution in [3.05, 3.63) is 70.3 Å². The maximum Gasteiger partial charge on any atom is 0.325 e. The zero-order valence-electron chi connectivity index (χ0n) is 21.0. The molecule has 2 atom stereocenters. The van der Waals surface area contributed by atoms with Crippen molar-refractivity contribution in [2.24, 2.45) is 4.99 Å². The first-order chi connectivity index (χ1) is 16.8. The second-order valence-corrected chi connectivity index (χ2v) is 10.0. The lowest BCUT2D eigenvalue weighted by Crippen LogP contribution is -2.64. The first kappa shape index (κ1) is 23.4. The molecule has 2 unspecified atom stereocenters. The molecule has 3 aliphatic rings. The van der Waals surface area contributed by atoms with E-state index in [1.54, 1.807) is 11.9 Å². The number of amides is 3. The maximum absolute atomic E-state index is 12.9. The summed E-state index contributed by atoms with van der Waals surface area (Å²) in [6.45, 7) is 11.4. The highest BCUT2D eigenvalue weighted by Gasteiger charge is 2.49. The Morgan fingerprint density at radius 3 is 2.43 bits per heavy atom. The number of aryl methyl sites for hydroxylation is 3. The minimum Gasteiger partial charge on any atom is -0.340 e. The zero-order valence-corrected chi connectivity index (χ0v) is 21.0. The van der Waals surface area contributed by atoms with Gasteiger partial charge < -0.3 is 14.7 Å². The summed E-state index contributed by atoms with van der Waals surface area (Å²) in [6.07, 6.45) is -0.510. The van der Waals surface area contributed by atoms with Crippen LogP contribution in [0.25, 0.3) is 0 Å². The van der Waals surface area contributed by atoms with Crippen LogP contribution in [0.1, 0.15) is 27.8 Å². The van der Waals surface area contributed by atoms with Crippen LogP contribution in [0.2, 0.25) is 0 Å². The molecule has 184 valence electrons. The second-order valence-electron chi connectivity index (χ2n) is 10.0. The average molecular weight is 475 g/mol. The molecule has 35 heavy (non-hydrogen) atoms. The fourth-order valence-electron chi connectivity index (χ4n) is 5.27. The summed E-state index contributed by atoms with van der Waals surface area (Å²) in [4.78, 5) is 38.6. The summed E-state index contributed by atoms with van der Waals surface area (Å²) in [7, 11) is 1.71. The van der Waals surface area contributed by atoms with Crippen LogP contribution in [-0.2, 0) is 17.9 Å². The van der Waals surface area contributed by atoms with Crippen LogP contribution in [-0.4, -0.2) is 82.9 Å². The van der Waals surface area contributed by atoms with Gasteiger partial charge in [-0.3, -0.25) is 15.0 Å². The topological polar surface area (TPSA) is 71.5 Å². The summed E-state index contributed by atoms with van der Waals surface area (Å²) in [5, 5.41) is 2.50. The van der Waals surface area contributed by atoms with Crippen molar-refractivity contribution < 1.29 is 9.59 Å². The standard InChI is InChI=1S/C27H34N6O2/c1-18-6-5-7-21(14-18)16-33-23-24(30(4)27(35)29-25(23)34)28-26(33)32-12-10-31(11-13-32)17-22-15-19(2)8-9-20(22)3/h5-9,14-15,23-24H,10-13,16-17H2,1-4H3,(H,29,34,35). The van der Waals surface area contributed by atoms with Crippen LogP contribution in [0.5, 0.6) is 0 Å². The molecule has 2 aromatic carbocycles. The molecule has 0 spiro atoms. The Bertz CT molecular complexity index is 1170. The zero-order chi connectivity index (χ0) is 24.7. The third kappa shape index (κ3) is 4.62. The smallest absolute Gasteiger partial charge is 0.325 e. The third-order valence-electron chi connectivity index (χ3n) is 7.33. The van der Waals surface area contributed by atoms with E-state index in [1.807, 2.05) is 6.07 Å². The van der Waals surface area contributed by atoms with Gasteiger partial charge in [-0.2, -0.15) is 0 Å². The molecule has 2 aromatic rings. The van der Waals surface area contributed by atoms with Gasteiger partial charge in [-0.25, -0.2) is 9.79 Å². The second kappa shape index (κ2) is 9.34. The molecule has 3 aliphatic heterocycles. The van der Waals surface area contributed by atoms with Crippen molar-refractivity contribution in [2.45, 2.75) is 46.1 Å². The van der Waals surface area contributed by atoms with Crippen LogP contribution in [0.4, 0.5) is 4.79 Å². The average Bonchev–Trinajstić information content (AvgIpc) is 3.20. The molecule has 0 aromatic heterocycles. The summed E-state index contributed by atoms with van der Waals surface area (Å²) in [5.74, 6) is 0.530. The number of rotatable bonds is 4. The van der Waals surface area contributed by atoms with E-state index >= 15 is 0 Å². The Labute approximate surface area is 207 Å². The normalized spacial score (nSPS) is 22.9. The molecule has 2 saturated heterocycles. The molecule has 5 rings (SSSR count). The van der Waals surface area contributed by atoms with Crippen molar-refractivity contribution in [1.29, 1.82) is 0 Å². The number of imide groups is 1. The molecular weight excluding hydrogens is 440 g/mol. The van der Waals surface area contributed by atoms with Gasteiger partial charge in [0.1, 0.15) is 0 Å². The number of aliphatic imine (C=N–C) groups is 1. The number of benzene rings is 2. The van der Waals surface area contributed by atoms with Crippen LogP contribution < -0.4 is 5.32 Å². The third-order valence-corrected chi connectivity index (χ3v) is 7.33. The van der Waals surface area contributed by atoms with Gasteiger partial charge in [0.15, 0.2) is 18.2 Å². The van der Waals surface area contributed by atoms with Crippen LogP contribution in [0.3, 0.4) is 0 Å². The van der Waals surface area contributed by atoms with Gasteiger partial charge in [0.25, 0.3) is 5.91 Å². The molecule has 8 nitrogen and oxygen atoms in total. The van der Waals surface area contributed by atoms with Gasteiger partial charge in [-0.1, -0.05) is 53.6 Å². The van der Waals surface area contributed by atoms with E-state index in [1.165, 1.54) is 22.3 Å². The Balaban J connectivity index is 1.35. The Morgan fingerprint density at radius 1 is 0.943 bits per heavy atom. The van der Waals surface area contributed by atoms with E-state index in [-0.39, 0.29) is 5.91 Å². The summed E-state index contributed by atoms with van der Waals surface area (Å²) in [5.41, 5.74) is 6.29. The molecule has 0 aliphatic carbocycles. The number of hydrogen-bond acceptors (Lipinski definition) is 6. The van der Waals surface area contributed by atoms with Crippen molar-refractivity contribution >= 4 is 17.9 Å². The lowest BCUT2D eigenvalue weighted by molar-refractivity contribution is -0.127. The number of carbonyl (C=O) groups is 2. The van der Waals surface area contributed by atoms with Crippen LogP contribution in [0, 0.1) is 20.8 Å². The van der Waals surface area contributed by atoms with Gasteiger partial charge in [-0.05, 0) is 37.5 Å². The first-order valence-corrected chi connectivity index (χ1v) is 12.3. The van der Waals surface area contributed by atoms with E-state index in [0.29, 0.717) is 6.54 Å². The molecule has 0 radical (unpaired) electrons. The van der Waals surface area contributed by atoms with Crippen molar-refractivity contribution in [1.82, 2.24) is 24.9 Å². The number of urea groups is 1. The van der Waals surface area contributed by atoms with Gasteiger partial charge in [-0.15, -0.1) is 0 Å². The van der Waals surface area contributed by atoms with Gasteiger partial charge in [0, 0.05) is 46.3 Å². The molecule has 2 fully saturated rings. The number of nitrogens with one attached hydrogen (secondary N) is 1. The van der Waals surface area contributed by atoms with E-state index in [2.05, 4.69) is 77.2 Å². The number of nitrogens with zero attached hydrogens (tertiary/aromatic N) is 5. The largest absolute Gasteiger partial charge is 0.340 e. The highest BCUT2D eigenvalue weighted by atomic mass is 16.2. The van der Waals surface area contributed by atoms with E-state index in [0.717, 1.165) is 44.2 Å². The van der Waals surface area contributed by atoms with Crippen molar-refractivity contribution in [3.63, 3.8) is 0 Å². The number of piperazine rings is 1. The van der Waals surface area contributed by atoms with Gasteiger partial charge in [0.05, 0.1) is 0 Å².